The topological polar surface area (TPSA) is 76.1 Å². The summed E-state index contributed by atoms with van der Waals surface area (Å²) in [5.74, 6) is -0.259. The van der Waals surface area contributed by atoms with Gasteiger partial charge in [0.15, 0.2) is 23.0 Å². The van der Waals surface area contributed by atoms with Crippen LogP contribution in [0.2, 0.25) is 0 Å². The van der Waals surface area contributed by atoms with E-state index in [2.05, 4.69) is 0 Å². The molecule has 1 unspecified atom stereocenters. The Morgan fingerprint density at radius 2 is 1.62 bits per heavy atom. The van der Waals surface area contributed by atoms with Crippen LogP contribution >= 0.6 is 0 Å². The number of fused-ring (bicyclic) bond motifs is 1. The maximum Gasteiger partial charge on any atom is 0.294 e. The second-order valence-electron chi connectivity index (χ2n) is 7.70. The number of nitrogens with zero attached hydrogens (tertiary/aromatic N) is 1. The van der Waals surface area contributed by atoms with Gasteiger partial charge in [-0.3, -0.25) is 14.5 Å². The first kappa shape index (κ1) is 19.9. The fourth-order valence-corrected chi connectivity index (χ4v) is 4.18. The molecular weight excluding hydrogens is 406 g/mol. The Labute approximate surface area is 185 Å². The highest BCUT2D eigenvalue weighted by Gasteiger charge is 2.44. The number of hydrogen-bond acceptors (Lipinski definition) is 5. The van der Waals surface area contributed by atoms with Gasteiger partial charge in [-0.25, -0.2) is 0 Å². The molecule has 1 atom stereocenters. The molecule has 6 heteroatoms. The molecule has 6 nitrogen and oxygen atoms in total. The Bertz CT molecular complexity index is 1200. The first-order valence-electron chi connectivity index (χ1n) is 10.4. The number of benzene rings is 3. The Balaban J connectivity index is 1.51. The number of carbonyl (C=O) groups is 2. The van der Waals surface area contributed by atoms with Crippen LogP contribution in [0.5, 0.6) is 11.5 Å². The molecule has 5 rings (SSSR count). The number of anilines is 1. The smallest absolute Gasteiger partial charge is 0.294 e. The van der Waals surface area contributed by atoms with Gasteiger partial charge in [0.05, 0.1) is 11.6 Å². The van der Waals surface area contributed by atoms with Crippen LogP contribution in [0.4, 0.5) is 5.69 Å². The van der Waals surface area contributed by atoms with E-state index in [1.807, 2.05) is 60.7 Å². The number of aliphatic hydroxyl groups excluding tert-OH is 1. The van der Waals surface area contributed by atoms with Crippen LogP contribution in [0.15, 0.2) is 90.2 Å². The lowest BCUT2D eigenvalue weighted by atomic mass is 9.93. The molecular formula is C26H21NO5. The molecule has 1 N–H and O–H groups in total. The molecule has 0 saturated carbocycles. The monoisotopic (exact) mass is 427 g/mol. The minimum atomic E-state index is -0.729. The number of aliphatic hydroxyl groups is 1. The first-order chi connectivity index (χ1) is 15.6. The number of ether oxygens (including phenoxy) is 2. The lowest BCUT2D eigenvalue weighted by Gasteiger charge is -2.27. The average Bonchev–Trinajstić information content (AvgIpc) is 3.40. The summed E-state index contributed by atoms with van der Waals surface area (Å²) < 4.78 is 10.8. The summed E-state index contributed by atoms with van der Waals surface area (Å²) in [7, 11) is 0. The Hall–Kier alpha value is -4.06. The van der Waals surface area contributed by atoms with Gasteiger partial charge in [-0.1, -0.05) is 60.7 Å². The number of hydrogen-bond donors (Lipinski definition) is 1. The lowest BCUT2D eigenvalue weighted by Crippen LogP contribution is -2.31. The first-order valence-corrected chi connectivity index (χ1v) is 10.4. The summed E-state index contributed by atoms with van der Waals surface area (Å²) >= 11 is 0. The van der Waals surface area contributed by atoms with Crippen molar-refractivity contribution < 1.29 is 24.2 Å². The van der Waals surface area contributed by atoms with Gasteiger partial charge in [-0.05, 0) is 29.7 Å². The van der Waals surface area contributed by atoms with E-state index in [1.165, 1.54) is 4.90 Å². The zero-order chi connectivity index (χ0) is 22.1. The van der Waals surface area contributed by atoms with Crippen molar-refractivity contribution in [3.05, 3.63) is 101 Å². The van der Waals surface area contributed by atoms with E-state index in [4.69, 9.17) is 9.47 Å². The summed E-state index contributed by atoms with van der Waals surface area (Å²) in [5, 5.41) is 10.8. The zero-order valence-corrected chi connectivity index (χ0v) is 17.2. The maximum atomic E-state index is 13.3. The summed E-state index contributed by atoms with van der Waals surface area (Å²) in [4.78, 5) is 27.9. The SMILES string of the molecule is O=C(CCc1ccccc1)C1=C(O)C(=O)N(c2ccc3c(c2)OCO3)C1c1ccccc1. The van der Waals surface area contributed by atoms with Crippen molar-refractivity contribution in [1.82, 2.24) is 0 Å². The molecule has 3 aromatic carbocycles. The van der Waals surface area contributed by atoms with Crippen LogP contribution in [0.25, 0.3) is 0 Å². The highest BCUT2D eigenvalue weighted by molar-refractivity contribution is 6.16. The van der Waals surface area contributed by atoms with Gasteiger partial charge in [0, 0.05) is 18.2 Å². The third kappa shape index (κ3) is 3.50. The van der Waals surface area contributed by atoms with Gasteiger partial charge >= 0.3 is 0 Å². The van der Waals surface area contributed by atoms with E-state index >= 15 is 0 Å². The van der Waals surface area contributed by atoms with Gasteiger partial charge in [-0.2, -0.15) is 0 Å². The maximum absolute atomic E-state index is 13.3. The Morgan fingerprint density at radius 1 is 0.938 bits per heavy atom. The molecule has 1 amide bonds. The van der Waals surface area contributed by atoms with Gasteiger partial charge < -0.3 is 14.6 Å². The summed E-state index contributed by atoms with van der Waals surface area (Å²) in [6, 6.07) is 23.3. The third-order valence-electron chi connectivity index (χ3n) is 5.74. The Morgan fingerprint density at radius 3 is 2.38 bits per heavy atom. The van der Waals surface area contributed by atoms with Crippen molar-refractivity contribution in [1.29, 1.82) is 0 Å². The molecule has 0 fully saturated rings. The molecule has 32 heavy (non-hydrogen) atoms. The van der Waals surface area contributed by atoms with Crippen LogP contribution in [0.1, 0.15) is 23.6 Å². The fourth-order valence-electron chi connectivity index (χ4n) is 4.18. The molecule has 0 aromatic heterocycles. The highest BCUT2D eigenvalue weighted by Crippen LogP contribution is 2.44. The molecule has 160 valence electrons. The van der Waals surface area contributed by atoms with Crippen LogP contribution < -0.4 is 14.4 Å². The number of aryl methyl sites for hydroxylation is 1. The fraction of sp³-hybridized carbons (Fsp3) is 0.154. The average molecular weight is 427 g/mol. The highest BCUT2D eigenvalue weighted by atomic mass is 16.7. The van der Waals surface area contributed by atoms with Crippen molar-refractivity contribution in [2.45, 2.75) is 18.9 Å². The van der Waals surface area contributed by atoms with E-state index < -0.39 is 17.7 Å². The number of amides is 1. The predicted molar refractivity (Wildman–Crippen MR) is 119 cm³/mol. The number of rotatable bonds is 6. The number of carbonyl (C=O) groups excluding carboxylic acids is 2. The summed E-state index contributed by atoms with van der Waals surface area (Å²) in [6.07, 6.45) is 0.713. The van der Waals surface area contributed by atoms with E-state index in [0.717, 1.165) is 11.1 Å². The van der Waals surface area contributed by atoms with Crippen LogP contribution in [-0.2, 0) is 16.0 Å². The van der Waals surface area contributed by atoms with Crippen LogP contribution in [0.3, 0.4) is 0 Å². The van der Waals surface area contributed by atoms with Gasteiger partial charge in [0.1, 0.15) is 0 Å². The zero-order valence-electron chi connectivity index (χ0n) is 17.2. The lowest BCUT2D eigenvalue weighted by molar-refractivity contribution is -0.118. The molecule has 3 aromatic rings. The van der Waals surface area contributed by atoms with Crippen molar-refractivity contribution in [3.8, 4) is 11.5 Å². The third-order valence-corrected chi connectivity index (χ3v) is 5.74. The summed E-state index contributed by atoms with van der Waals surface area (Å²) in [6.45, 7) is 0.113. The van der Waals surface area contributed by atoms with Crippen molar-refractivity contribution in [3.63, 3.8) is 0 Å². The summed E-state index contributed by atoms with van der Waals surface area (Å²) in [5.41, 5.74) is 2.40. The van der Waals surface area contributed by atoms with E-state index in [1.54, 1.807) is 18.2 Å². The van der Waals surface area contributed by atoms with Gasteiger partial charge in [0.25, 0.3) is 5.91 Å². The molecule has 0 radical (unpaired) electrons. The number of ketones is 1. The second-order valence-corrected chi connectivity index (χ2v) is 7.70. The van der Waals surface area contributed by atoms with Crippen molar-refractivity contribution in [2.75, 3.05) is 11.7 Å². The van der Waals surface area contributed by atoms with Gasteiger partial charge in [-0.15, -0.1) is 0 Å². The molecule has 2 heterocycles. The van der Waals surface area contributed by atoms with E-state index in [-0.39, 0.29) is 24.6 Å². The van der Waals surface area contributed by atoms with E-state index in [0.29, 0.717) is 23.6 Å². The molecule has 2 aliphatic heterocycles. The second kappa shape index (κ2) is 8.23. The van der Waals surface area contributed by atoms with Gasteiger partial charge in [0.2, 0.25) is 6.79 Å². The minimum absolute atomic E-state index is 0.113. The van der Waals surface area contributed by atoms with Crippen molar-refractivity contribution in [2.24, 2.45) is 0 Å². The quantitative estimate of drug-likeness (QED) is 0.626. The standard InChI is InChI=1S/C26H21NO5/c28-20(13-11-17-7-3-1-4-8-17)23-24(18-9-5-2-6-10-18)27(26(30)25(23)29)19-12-14-21-22(15-19)32-16-31-21/h1-10,12,14-15,24,29H,11,13,16H2. The van der Waals surface area contributed by atoms with Crippen LogP contribution in [0, 0.1) is 0 Å². The largest absolute Gasteiger partial charge is 0.503 e. The number of Topliss-reactive ketones (excluding diaryl/α,β-unsaturated/α-hetero) is 1. The Kier molecular flexibility index (Phi) is 5.11. The molecule has 0 aliphatic carbocycles. The molecule has 0 saturated heterocycles. The van der Waals surface area contributed by atoms with E-state index in [9.17, 15) is 14.7 Å². The molecule has 0 spiro atoms. The molecule has 0 bridgehead atoms. The minimum Gasteiger partial charge on any atom is -0.503 e. The predicted octanol–water partition coefficient (Wildman–Crippen LogP) is 4.52. The van der Waals surface area contributed by atoms with Crippen LogP contribution in [-0.4, -0.2) is 23.6 Å². The molecule has 2 aliphatic rings. The van der Waals surface area contributed by atoms with Crippen molar-refractivity contribution >= 4 is 17.4 Å². The normalized spacial score (nSPS) is 17.2.